The van der Waals surface area contributed by atoms with Gasteiger partial charge in [-0.2, -0.15) is 0 Å². The topological polar surface area (TPSA) is 65.7 Å². The van der Waals surface area contributed by atoms with E-state index in [1.54, 1.807) is 0 Å². The van der Waals surface area contributed by atoms with Gasteiger partial charge >= 0.3 is 6.03 Å². The zero-order valence-electron chi connectivity index (χ0n) is 15.4. The maximum absolute atomic E-state index is 12.3. The van der Waals surface area contributed by atoms with Crippen molar-refractivity contribution < 1.29 is 14.3 Å². The first kappa shape index (κ1) is 18.5. The molecule has 2 heterocycles. The molecule has 0 saturated carbocycles. The minimum atomic E-state index is -0.300. The molecule has 2 amide bonds. The van der Waals surface area contributed by atoms with E-state index >= 15 is 0 Å². The van der Waals surface area contributed by atoms with Gasteiger partial charge in [-0.15, -0.1) is 0 Å². The molecule has 1 fully saturated rings. The molecular formula is C21H28N2O3. The van der Waals surface area contributed by atoms with Crippen LogP contribution in [0.1, 0.15) is 36.3 Å². The van der Waals surface area contributed by atoms with Crippen LogP contribution in [-0.2, 0) is 13.0 Å². The molecule has 3 rings (SSSR count). The van der Waals surface area contributed by atoms with Crippen LogP contribution in [0.15, 0.2) is 46.9 Å². The van der Waals surface area contributed by atoms with Crippen molar-refractivity contribution in [1.82, 2.24) is 10.2 Å². The molecule has 0 radical (unpaired) electrons. The molecule has 2 aromatic rings. The number of aliphatic hydroxyl groups is 1. The second-order valence-corrected chi connectivity index (χ2v) is 7.09. The second kappa shape index (κ2) is 8.90. The van der Waals surface area contributed by atoms with Gasteiger partial charge in [0.05, 0.1) is 12.6 Å². The number of carbonyl (C=O) groups is 1. The van der Waals surface area contributed by atoms with Crippen LogP contribution in [0.4, 0.5) is 4.79 Å². The minimum Gasteiger partial charge on any atom is -0.465 e. The van der Waals surface area contributed by atoms with Crippen molar-refractivity contribution in [3.05, 3.63) is 59.5 Å². The van der Waals surface area contributed by atoms with Gasteiger partial charge in [0.15, 0.2) is 0 Å². The summed E-state index contributed by atoms with van der Waals surface area (Å²) in [6.45, 7) is 3.68. The molecule has 1 aliphatic rings. The van der Waals surface area contributed by atoms with Crippen LogP contribution in [0, 0.1) is 12.8 Å². The highest BCUT2D eigenvalue weighted by molar-refractivity contribution is 5.74. The lowest BCUT2D eigenvalue weighted by Crippen LogP contribution is -2.45. The van der Waals surface area contributed by atoms with E-state index < -0.39 is 0 Å². The van der Waals surface area contributed by atoms with Crippen molar-refractivity contribution >= 4 is 6.03 Å². The van der Waals surface area contributed by atoms with E-state index in [9.17, 15) is 9.90 Å². The number of furan rings is 1. The standard InChI is InChI=1S/C21H28N2O3/c1-16-7-9-19(26-16)15-22-21(25)23-13-11-18(12-14-23)20(24)10-8-17-5-3-2-4-6-17/h2-7,9,18,20,24H,8,10-15H2,1H3,(H,22,25)/t20-/m1/s1. The molecule has 1 saturated heterocycles. The number of piperidine rings is 1. The Kier molecular flexibility index (Phi) is 6.34. The molecule has 5 heteroatoms. The predicted molar refractivity (Wildman–Crippen MR) is 101 cm³/mol. The molecule has 2 N–H and O–H groups in total. The zero-order chi connectivity index (χ0) is 18.4. The Morgan fingerprint density at radius 1 is 1.23 bits per heavy atom. The van der Waals surface area contributed by atoms with Gasteiger partial charge in [-0.3, -0.25) is 0 Å². The van der Waals surface area contributed by atoms with Crippen molar-refractivity contribution in [3.63, 3.8) is 0 Å². The highest BCUT2D eigenvalue weighted by atomic mass is 16.3. The number of nitrogens with one attached hydrogen (secondary N) is 1. The Labute approximate surface area is 155 Å². The Bertz CT molecular complexity index is 690. The number of rotatable bonds is 6. The van der Waals surface area contributed by atoms with Crippen LogP contribution < -0.4 is 5.32 Å². The Morgan fingerprint density at radius 2 is 1.96 bits per heavy atom. The van der Waals surface area contributed by atoms with Gasteiger partial charge in [-0.1, -0.05) is 30.3 Å². The van der Waals surface area contributed by atoms with Crippen molar-refractivity contribution in [3.8, 4) is 0 Å². The summed E-state index contributed by atoms with van der Waals surface area (Å²) in [5.41, 5.74) is 1.26. The number of likely N-dealkylation sites (tertiary alicyclic amines) is 1. The van der Waals surface area contributed by atoms with Crippen LogP contribution in [0.2, 0.25) is 0 Å². The summed E-state index contributed by atoms with van der Waals surface area (Å²) in [5, 5.41) is 13.4. The Morgan fingerprint density at radius 3 is 2.62 bits per heavy atom. The monoisotopic (exact) mass is 356 g/mol. The van der Waals surface area contributed by atoms with Crippen LogP contribution in [0.3, 0.4) is 0 Å². The van der Waals surface area contributed by atoms with Gasteiger partial charge in [-0.25, -0.2) is 4.79 Å². The third kappa shape index (κ3) is 5.11. The molecule has 1 aromatic carbocycles. The fraction of sp³-hybridized carbons (Fsp3) is 0.476. The maximum atomic E-state index is 12.3. The fourth-order valence-electron chi connectivity index (χ4n) is 3.54. The SMILES string of the molecule is Cc1ccc(CNC(=O)N2CCC([C@H](O)CCc3ccccc3)CC2)o1. The number of nitrogens with zero attached hydrogens (tertiary/aromatic N) is 1. The average molecular weight is 356 g/mol. The summed E-state index contributed by atoms with van der Waals surface area (Å²) in [5.74, 6) is 1.89. The van der Waals surface area contributed by atoms with Crippen LogP contribution >= 0.6 is 0 Å². The molecule has 1 atom stereocenters. The van der Waals surface area contributed by atoms with Gasteiger partial charge in [0.2, 0.25) is 0 Å². The number of hydrogen-bond acceptors (Lipinski definition) is 3. The quantitative estimate of drug-likeness (QED) is 0.832. The second-order valence-electron chi connectivity index (χ2n) is 7.09. The Balaban J connectivity index is 1.38. The number of aliphatic hydroxyl groups excluding tert-OH is 1. The van der Waals surface area contributed by atoms with Crippen molar-refractivity contribution in [2.45, 2.75) is 45.3 Å². The highest BCUT2D eigenvalue weighted by Gasteiger charge is 2.27. The molecule has 140 valence electrons. The van der Waals surface area contributed by atoms with E-state index in [4.69, 9.17) is 4.42 Å². The largest absolute Gasteiger partial charge is 0.465 e. The highest BCUT2D eigenvalue weighted by Crippen LogP contribution is 2.23. The average Bonchev–Trinajstić information content (AvgIpc) is 3.10. The Hall–Kier alpha value is -2.27. The minimum absolute atomic E-state index is 0.0590. The third-order valence-electron chi connectivity index (χ3n) is 5.15. The lowest BCUT2D eigenvalue weighted by Gasteiger charge is -2.34. The zero-order valence-corrected chi connectivity index (χ0v) is 15.4. The van der Waals surface area contributed by atoms with Gasteiger partial charge in [0.1, 0.15) is 11.5 Å². The van der Waals surface area contributed by atoms with Crippen molar-refractivity contribution in [1.29, 1.82) is 0 Å². The van der Waals surface area contributed by atoms with E-state index in [2.05, 4.69) is 17.4 Å². The van der Waals surface area contributed by atoms with Gasteiger partial charge in [0.25, 0.3) is 0 Å². The predicted octanol–water partition coefficient (Wildman–Crippen LogP) is 3.50. The lowest BCUT2D eigenvalue weighted by molar-refractivity contribution is 0.0610. The van der Waals surface area contributed by atoms with E-state index in [1.807, 2.05) is 42.2 Å². The summed E-state index contributed by atoms with van der Waals surface area (Å²) in [4.78, 5) is 14.1. The van der Waals surface area contributed by atoms with Crippen LogP contribution in [0.25, 0.3) is 0 Å². The normalized spacial score (nSPS) is 16.5. The van der Waals surface area contributed by atoms with Crippen molar-refractivity contribution in [2.24, 2.45) is 5.92 Å². The lowest BCUT2D eigenvalue weighted by atomic mass is 9.88. The van der Waals surface area contributed by atoms with Gasteiger partial charge < -0.3 is 19.7 Å². The molecule has 0 aliphatic carbocycles. The van der Waals surface area contributed by atoms with E-state index in [1.165, 1.54) is 5.56 Å². The maximum Gasteiger partial charge on any atom is 0.317 e. The summed E-state index contributed by atoms with van der Waals surface area (Å²) in [6.07, 6.45) is 3.07. The molecule has 26 heavy (non-hydrogen) atoms. The van der Waals surface area contributed by atoms with E-state index in [0.717, 1.165) is 37.2 Å². The molecule has 0 bridgehead atoms. The number of urea groups is 1. The number of hydrogen-bond donors (Lipinski definition) is 2. The van der Waals surface area contributed by atoms with E-state index in [-0.39, 0.29) is 18.1 Å². The van der Waals surface area contributed by atoms with E-state index in [0.29, 0.717) is 19.6 Å². The first-order chi connectivity index (χ1) is 12.6. The molecular weight excluding hydrogens is 328 g/mol. The number of benzene rings is 1. The summed E-state index contributed by atoms with van der Waals surface area (Å²) < 4.78 is 5.47. The molecule has 1 aliphatic heterocycles. The molecule has 0 unspecified atom stereocenters. The number of amides is 2. The van der Waals surface area contributed by atoms with Crippen LogP contribution in [0.5, 0.6) is 0 Å². The van der Waals surface area contributed by atoms with Gasteiger partial charge in [-0.05, 0) is 56.2 Å². The number of carbonyl (C=O) groups excluding carboxylic acids is 1. The molecule has 5 nitrogen and oxygen atoms in total. The summed E-state index contributed by atoms with van der Waals surface area (Å²) in [6, 6.07) is 14.0. The molecule has 0 spiro atoms. The first-order valence-electron chi connectivity index (χ1n) is 9.42. The fourth-order valence-corrected chi connectivity index (χ4v) is 3.54. The van der Waals surface area contributed by atoms with Gasteiger partial charge in [0, 0.05) is 13.1 Å². The van der Waals surface area contributed by atoms with Crippen molar-refractivity contribution in [2.75, 3.05) is 13.1 Å². The first-order valence-corrected chi connectivity index (χ1v) is 9.42. The summed E-state index contributed by atoms with van der Waals surface area (Å²) in [7, 11) is 0. The molecule has 1 aromatic heterocycles. The third-order valence-corrected chi connectivity index (χ3v) is 5.15. The number of aryl methyl sites for hydroxylation is 2. The smallest absolute Gasteiger partial charge is 0.317 e. The van der Waals surface area contributed by atoms with Crippen LogP contribution in [-0.4, -0.2) is 35.2 Å². The summed E-state index contributed by atoms with van der Waals surface area (Å²) >= 11 is 0.